The van der Waals surface area contributed by atoms with E-state index < -0.39 is 0 Å². The first-order valence-corrected chi connectivity index (χ1v) is 9.32. The predicted molar refractivity (Wildman–Crippen MR) is 116 cm³/mol. The van der Waals surface area contributed by atoms with Crippen LogP contribution in [0.5, 0.6) is 11.5 Å². The molecule has 3 aromatic carbocycles. The molecular formula is C22H20ClN3O3. The second kappa shape index (κ2) is 9.61. The van der Waals surface area contributed by atoms with E-state index in [1.807, 2.05) is 42.5 Å². The van der Waals surface area contributed by atoms with Gasteiger partial charge in [0.1, 0.15) is 5.75 Å². The number of hydrogen-bond acceptors (Lipinski definition) is 4. The fourth-order valence-electron chi connectivity index (χ4n) is 2.61. The van der Waals surface area contributed by atoms with Crippen LogP contribution in [0.15, 0.2) is 72.8 Å². The van der Waals surface area contributed by atoms with E-state index in [2.05, 4.69) is 16.0 Å². The number of rotatable bonds is 7. The molecule has 0 radical (unpaired) electrons. The maximum absolute atomic E-state index is 12.5. The maximum atomic E-state index is 12.5. The van der Waals surface area contributed by atoms with Crippen molar-refractivity contribution in [2.45, 2.75) is 6.92 Å². The van der Waals surface area contributed by atoms with Crippen molar-refractivity contribution in [3.05, 3.63) is 77.8 Å². The van der Waals surface area contributed by atoms with Crippen molar-refractivity contribution in [3.8, 4) is 11.5 Å². The Morgan fingerprint density at radius 1 is 0.862 bits per heavy atom. The second-order valence-corrected chi connectivity index (χ2v) is 6.62. The van der Waals surface area contributed by atoms with Crippen LogP contribution in [0.1, 0.15) is 6.92 Å². The van der Waals surface area contributed by atoms with Gasteiger partial charge in [-0.25, -0.2) is 0 Å². The van der Waals surface area contributed by atoms with Gasteiger partial charge in [-0.1, -0.05) is 41.9 Å². The molecule has 0 spiro atoms. The molecule has 0 fully saturated rings. The van der Waals surface area contributed by atoms with Crippen molar-refractivity contribution in [1.82, 2.24) is 0 Å². The zero-order valence-electron chi connectivity index (χ0n) is 15.7. The average Bonchev–Trinajstić information content (AvgIpc) is 2.70. The highest BCUT2D eigenvalue weighted by atomic mass is 35.5. The van der Waals surface area contributed by atoms with Gasteiger partial charge in [-0.3, -0.25) is 9.59 Å². The summed E-state index contributed by atoms with van der Waals surface area (Å²) in [5.41, 5.74) is 1.65. The third-order valence-corrected chi connectivity index (χ3v) is 4.10. The summed E-state index contributed by atoms with van der Waals surface area (Å²) in [6.45, 7) is 1.39. The summed E-state index contributed by atoms with van der Waals surface area (Å²) in [7, 11) is 0. The SMILES string of the molecule is CC(=O)Nc1ccc(Cl)cc1NCC(=O)Nc1ccccc1Oc1ccccc1. The lowest BCUT2D eigenvalue weighted by Crippen LogP contribution is -2.22. The van der Waals surface area contributed by atoms with Gasteiger partial charge >= 0.3 is 0 Å². The van der Waals surface area contributed by atoms with E-state index in [0.29, 0.717) is 33.6 Å². The Balaban J connectivity index is 1.66. The molecule has 3 N–H and O–H groups in total. The van der Waals surface area contributed by atoms with Crippen LogP contribution < -0.4 is 20.7 Å². The maximum Gasteiger partial charge on any atom is 0.243 e. The number of benzene rings is 3. The molecule has 7 heteroatoms. The molecule has 148 valence electrons. The summed E-state index contributed by atoms with van der Waals surface area (Å²) < 4.78 is 5.85. The van der Waals surface area contributed by atoms with Gasteiger partial charge in [-0.05, 0) is 42.5 Å². The zero-order valence-corrected chi connectivity index (χ0v) is 16.5. The van der Waals surface area contributed by atoms with Crippen molar-refractivity contribution in [3.63, 3.8) is 0 Å². The van der Waals surface area contributed by atoms with Crippen LogP contribution in [0.4, 0.5) is 17.1 Å². The van der Waals surface area contributed by atoms with E-state index in [4.69, 9.17) is 16.3 Å². The summed E-state index contributed by atoms with van der Waals surface area (Å²) in [6, 6.07) is 21.5. The molecule has 0 aliphatic carbocycles. The first-order chi connectivity index (χ1) is 14.0. The van der Waals surface area contributed by atoms with E-state index >= 15 is 0 Å². The van der Waals surface area contributed by atoms with Crippen LogP contribution >= 0.6 is 11.6 Å². The van der Waals surface area contributed by atoms with Gasteiger partial charge in [0.25, 0.3) is 0 Å². The normalized spacial score (nSPS) is 10.1. The fourth-order valence-corrected chi connectivity index (χ4v) is 2.78. The Kier molecular flexibility index (Phi) is 6.71. The van der Waals surface area contributed by atoms with Crippen LogP contribution in [0.25, 0.3) is 0 Å². The number of nitrogens with one attached hydrogen (secondary N) is 3. The average molecular weight is 410 g/mol. The Labute approximate surface area is 173 Å². The van der Waals surface area contributed by atoms with Crippen molar-refractivity contribution >= 4 is 40.5 Å². The minimum Gasteiger partial charge on any atom is -0.455 e. The number of ether oxygens (including phenoxy) is 1. The highest BCUT2D eigenvalue weighted by molar-refractivity contribution is 6.31. The van der Waals surface area contributed by atoms with Crippen LogP contribution in [-0.4, -0.2) is 18.4 Å². The Morgan fingerprint density at radius 3 is 2.34 bits per heavy atom. The van der Waals surface area contributed by atoms with Gasteiger partial charge in [-0.2, -0.15) is 0 Å². The van der Waals surface area contributed by atoms with E-state index in [-0.39, 0.29) is 18.4 Å². The quantitative estimate of drug-likeness (QED) is 0.504. The Hall–Kier alpha value is -3.51. The summed E-state index contributed by atoms with van der Waals surface area (Å²) in [4.78, 5) is 23.8. The van der Waals surface area contributed by atoms with Crippen LogP contribution in [0.2, 0.25) is 5.02 Å². The molecule has 3 aromatic rings. The number of carbonyl (C=O) groups excluding carboxylic acids is 2. The molecule has 0 bridgehead atoms. The second-order valence-electron chi connectivity index (χ2n) is 6.18. The summed E-state index contributed by atoms with van der Waals surface area (Å²) in [5.74, 6) is 0.717. The number of amides is 2. The number of carbonyl (C=O) groups is 2. The fraction of sp³-hybridized carbons (Fsp3) is 0.0909. The molecule has 0 aliphatic rings. The van der Waals surface area contributed by atoms with E-state index in [1.165, 1.54) is 6.92 Å². The van der Waals surface area contributed by atoms with Crippen molar-refractivity contribution < 1.29 is 14.3 Å². The molecule has 0 unspecified atom stereocenters. The van der Waals surface area contributed by atoms with E-state index in [9.17, 15) is 9.59 Å². The van der Waals surface area contributed by atoms with Gasteiger partial charge in [0, 0.05) is 11.9 Å². The molecule has 0 saturated carbocycles. The third-order valence-electron chi connectivity index (χ3n) is 3.86. The number of hydrogen-bond donors (Lipinski definition) is 3. The van der Waals surface area contributed by atoms with Crippen LogP contribution in [-0.2, 0) is 9.59 Å². The summed E-state index contributed by atoms with van der Waals surface area (Å²) in [5, 5.41) is 9.01. The molecule has 0 saturated heterocycles. The highest BCUT2D eigenvalue weighted by Gasteiger charge is 2.10. The number of anilines is 3. The standard InChI is InChI=1S/C22H20ClN3O3/c1-15(27)25-18-12-11-16(23)13-20(18)24-14-22(28)26-19-9-5-6-10-21(19)29-17-7-3-2-4-8-17/h2-13,24H,14H2,1H3,(H,25,27)(H,26,28). The topological polar surface area (TPSA) is 79.5 Å². The molecule has 0 aliphatic heterocycles. The van der Waals surface area contributed by atoms with Crippen molar-refractivity contribution in [2.24, 2.45) is 0 Å². The Bertz CT molecular complexity index is 1010. The minimum atomic E-state index is -0.275. The van der Waals surface area contributed by atoms with Crippen molar-refractivity contribution in [1.29, 1.82) is 0 Å². The zero-order chi connectivity index (χ0) is 20.6. The van der Waals surface area contributed by atoms with Gasteiger partial charge in [0.2, 0.25) is 11.8 Å². The predicted octanol–water partition coefficient (Wildman–Crippen LogP) is 5.14. The smallest absolute Gasteiger partial charge is 0.243 e. The Morgan fingerprint density at radius 2 is 1.59 bits per heavy atom. The summed E-state index contributed by atoms with van der Waals surface area (Å²) in [6.07, 6.45) is 0. The minimum absolute atomic E-state index is 0.0212. The van der Waals surface area contributed by atoms with Crippen LogP contribution in [0, 0.1) is 0 Å². The molecule has 0 aromatic heterocycles. The molecule has 6 nitrogen and oxygen atoms in total. The lowest BCUT2D eigenvalue weighted by Gasteiger charge is -2.14. The lowest BCUT2D eigenvalue weighted by atomic mass is 10.2. The largest absolute Gasteiger partial charge is 0.455 e. The molecule has 2 amide bonds. The first kappa shape index (κ1) is 20.2. The third kappa shape index (κ3) is 5.99. The van der Waals surface area contributed by atoms with Crippen LogP contribution in [0.3, 0.4) is 0 Å². The van der Waals surface area contributed by atoms with E-state index in [0.717, 1.165) is 0 Å². The van der Waals surface area contributed by atoms with Gasteiger partial charge in [0.05, 0.1) is 23.6 Å². The van der Waals surface area contributed by atoms with Gasteiger partial charge in [0.15, 0.2) is 5.75 Å². The molecule has 3 rings (SSSR count). The van der Waals surface area contributed by atoms with E-state index in [1.54, 1.807) is 30.3 Å². The highest BCUT2D eigenvalue weighted by Crippen LogP contribution is 2.29. The molecule has 0 atom stereocenters. The van der Waals surface area contributed by atoms with Crippen molar-refractivity contribution in [2.75, 3.05) is 22.5 Å². The number of para-hydroxylation sites is 3. The first-order valence-electron chi connectivity index (χ1n) is 8.94. The molecular weight excluding hydrogens is 390 g/mol. The number of halogens is 1. The molecule has 29 heavy (non-hydrogen) atoms. The van der Waals surface area contributed by atoms with Gasteiger partial charge < -0.3 is 20.7 Å². The van der Waals surface area contributed by atoms with Gasteiger partial charge in [-0.15, -0.1) is 0 Å². The summed E-state index contributed by atoms with van der Waals surface area (Å²) >= 11 is 6.03. The monoisotopic (exact) mass is 409 g/mol. The molecule has 0 heterocycles. The lowest BCUT2D eigenvalue weighted by molar-refractivity contribution is -0.115.